The Kier molecular flexibility index (Phi) is 10.8. The smallest absolute Gasteiger partial charge is 0.406 e. The highest BCUT2D eigenvalue weighted by Crippen LogP contribution is 2.33. The van der Waals surface area contributed by atoms with Crippen LogP contribution in [0.15, 0.2) is 18.2 Å². The van der Waals surface area contributed by atoms with Crippen molar-refractivity contribution < 1.29 is 22.3 Å². The van der Waals surface area contributed by atoms with E-state index in [1.54, 1.807) is 0 Å². The van der Waals surface area contributed by atoms with Gasteiger partial charge in [0.25, 0.3) is 0 Å². The van der Waals surface area contributed by atoms with E-state index in [-0.39, 0.29) is 42.2 Å². The van der Waals surface area contributed by atoms with Gasteiger partial charge >= 0.3 is 6.36 Å². The molecule has 152 valence electrons. The van der Waals surface area contributed by atoms with Crippen molar-refractivity contribution in [3.8, 4) is 5.75 Å². The molecule has 1 aliphatic heterocycles. The molecule has 0 radical (unpaired) electrons. The molecule has 26 heavy (non-hydrogen) atoms. The summed E-state index contributed by atoms with van der Waals surface area (Å²) in [5.74, 6) is -0.423. The monoisotopic (exact) mass is 420 g/mol. The van der Waals surface area contributed by atoms with Crippen LogP contribution in [0.25, 0.3) is 0 Å². The first kappa shape index (κ1) is 25.2. The van der Waals surface area contributed by atoms with Gasteiger partial charge in [0.15, 0.2) is 0 Å². The molecule has 1 atom stereocenters. The summed E-state index contributed by atoms with van der Waals surface area (Å²) in [4.78, 5) is 2.13. The van der Waals surface area contributed by atoms with Crippen molar-refractivity contribution >= 4 is 24.8 Å². The number of rotatable bonds is 6. The summed E-state index contributed by atoms with van der Waals surface area (Å²) < 4.78 is 55.7. The molecule has 1 fully saturated rings. The standard InChI is InChI=1S/C17H24F4N2O.2ClH/c1-12(2)3-6-16(23-9-7-22-8-10-23)14-11-13(4-5-15(14)18)24-17(19,20)21;;/h4-5,11-12,16,22H,3,6-10H2,1-2H3;2*1H/t16-;;/m1../s1. The van der Waals surface area contributed by atoms with E-state index in [9.17, 15) is 17.6 Å². The van der Waals surface area contributed by atoms with E-state index in [4.69, 9.17) is 0 Å². The molecule has 0 bridgehead atoms. The third-order valence-electron chi connectivity index (χ3n) is 4.17. The lowest BCUT2D eigenvalue weighted by Crippen LogP contribution is -2.45. The summed E-state index contributed by atoms with van der Waals surface area (Å²) in [6, 6.07) is 3.02. The summed E-state index contributed by atoms with van der Waals surface area (Å²) in [6.45, 7) is 7.22. The largest absolute Gasteiger partial charge is 0.573 e. The second kappa shape index (κ2) is 11.2. The van der Waals surface area contributed by atoms with Gasteiger partial charge in [0, 0.05) is 37.8 Å². The van der Waals surface area contributed by atoms with Crippen LogP contribution < -0.4 is 10.1 Å². The number of alkyl halides is 3. The molecule has 0 saturated carbocycles. The van der Waals surface area contributed by atoms with Crippen LogP contribution in [0.2, 0.25) is 0 Å². The zero-order chi connectivity index (χ0) is 17.7. The number of nitrogens with zero attached hydrogens (tertiary/aromatic N) is 1. The van der Waals surface area contributed by atoms with E-state index in [0.717, 1.165) is 44.7 Å². The van der Waals surface area contributed by atoms with E-state index in [2.05, 4.69) is 28.8 Å². The normalized spacial score (nSPS) is 16.6. The van der Waals surface area contributed by atoms with Gasteiger partial charge in [-0.25, -0.2) is 4.39 Å². The molecule has 1 aliphatic rings. The highest BCUT2D eigenvalue weighted by atomic mass is 35.5. The van der Waals surface area contributed by atoms with Crippen LogP contribution in [0.1, 0.15) is 38.3 Å². The average Bonchev–Trinajstić information content (AvgIpc) is 2.50. The Balaban J connectivity index is 0.00000312. The van der Waals surface area contributed by atoms with Gasteiger partial charge in [0.05, 0.1) is 0 Å². The average molecular weight is 421 g/mol. The molecule has 0 spiro atoms. The first-order valence-electron chi connectivity index (χ1n) is 8.26. The molecule has 0 unspecified atom stereocenters. The van der Waals surface area contributed by atoms with Crippen molar-refractivity contribution in [2.75, 3.05) is 26.2 Å². The summed E-state index contributed by atoms with van der Waals surface area (Å²) in [5.41, 5.74) is 0.277. The van der Waals surface area contributed by atoms with Crippen LogP contribution >= 0.6 is 24.8 Å². The van der Waals surface area contributed by atoms with Crippen LogP contribution in [0.5, 0.6) is 5.75 Å². The van der Waals surface area contributed by atoms with Crippen molar-refractivity contribution in [1.29, 1.82) is 0 Å². The minimum Gasteiger partial charge on any atom is -0.406 e. The predicted octanol–water partition coefficient (Wildman–Crippen LogP) is 4.95. The molecular formula is C17H26Cl2F4N2O. The lowest BCUT2D eigenvalue weighted by atomic mass is 9.95. The number of ether oxygens (including phenoxy) is 1. The maximum atomic E-state index is 14.4. The lowest BCUT2D eigenvalue weighted by Gasteiger charge is -2.36. The zero-order valence-corrected chi connectivity index (χ0v) is 16.4. The molecule has 1 N–H and O–H groups in total. The molecule has 1 saturated heterocycles. The molecule has 0 amide bonds. The molecule has 1 heterocycles. The molecule has 3 nitrogen and oxygen atoms in total. The Bertz CT molecular complexity index is 538. The van der Waals surface area contributed by atoms with E-state index < -0.39 is 12.2 Å². The minimum atomic E-state index is -4.78. The van der Waals surface area contributed by atoms with Crippen LogP contribution in [0.4, 0.5) is 17.6 Å². The van der Waals surface area contributed by atoms with Crippen molar-refractivity contribution in [1.82, 2.24) is 10.2 Å². The molecule has 9 heteroatoms. The van der Waals surface area contributed by atoms with Gasteiger partial charge in [-0.3, -0.25) is 4.90 Å². The zero-order valence-electron chi connectivity index (χ0n) is 14.8. The fourth-order valence-electron chi connectivity index (χ4n) is 2.99. The fourth-order valence-corrected chi connectivity index (χ4v) is 2.99. The summed E-state index contributed by atoms with van der Waals surface area (Å²) >= 11 is 0. The number of nitrogens with one attached hydrogen (secondary N) is 1. The molecule has 2 rings (SSSR count). The Morgan fingerprint density at radius 2 is 1.73 bits per heavy atom. The second-order valence-electron chi connectivity index (χ2n) is 6.50. The van der Waals surface area contributed by atoms with Crippen molar-refractivity contribution in [3.63, 3.8) is 0 Å². The number of hydrogen-bond acceptors (Lipinski definition) is 3. The molecule has 0 aliphatic carbocycles. The van der Waals surface area contributed by atoms with Gasteiger partial charge in [0.2, 0.25) is 0 Å². The lowest BCUT2D eigenvalue weighted by molar-refractivity contribution is -0.274. The topological polar surface area (TPSA) is 24.5 Å². The van der Waals surface area contributed by atoms with E-state index in [1.165, 1.54) is 6.07 Å². The summed E-state index contributed by atoms with van der Waals surface area (Å²) in [5, 5.41) is 3.23. The van der Waals surface area contributed by atoms with Crippen LogP contribution in [-0.4, -0.2) is 37.4 Å². The first-order valence-corrected chi connectivity index (χ1v) is 8.26. The molecule has 0 aromatic heterocycles. The summed E-state index contributed by atoms with van der Waals surface area (Å²) in [6.07, 6.45) is -3.21. The van der Waals surface area contributed by atoms with Crippen molar-refractivity contribution in [2.45, 2.75) is 39.1 Å². The van der Waals surface area contributed by atoms with Crippen molar-refractivity contribution in [3.05, 3.63) is 29.6 Å². The molecule has 1 aromatic rings. The van der Waals surface area contributed by atoms with Crippen LogP contribution in [0, 0.1) is 11.7 Å². The fraction of sp³-hybridized carbons (Fsp3) is 0.647. The van der Waals surface area contributed by atoms with Crippen molar-refractivity contribution in [2.24, 2.45) is 5.92 Å². The second-order valence-corrected chi connectivity index (χ2v) is 6.50. The highest BCUT2D eigenvalue weighted by molar-refractivity contribution is 5.85. The van der Waals surface area contributed by atoms with Gasteiger partial charge < -0.3 is 10.1 Å². The Morgan fingerprint density at radius 1 is 1.12 bits per heavy atom. The van der Waals surface area contributed by atoms with E-state index in [1.807, 2.05) is 0 Å². The number of hydrogen-bond donors (Lipinski definition) is 1. The number of benzene rings is 1. The quantitative estimate of drug-likeness (QED) is 0.658. The van der Waals surface area contributed by atoms with Gasteiger partial charge in [-0.05, 0) is 37.0 Å². The third-order valence-corrected chi connectivity index (χ3v) is 4.17. The third kappa shape index (κ3) is 7.86. The van der Waals surface area contributed by atoms with Gasteiger partial charge in [-0.1, -0.05) is 13.8 Å². The first-order chi connectivity index (χ1) is 11.3. The SMILES string of the molecule is CC(C)CC[C@H](c1cc(OC(F)(F)F)ccc1F)N1CCNCC1.Cl.Cl. The molecular weight excluding hydrogens is 395 g/mol. The Morgan fingerprint density at radius 3 is 2.27 bits per heavy atom. The van der Waals surface area contributed by atoms with Crippen LogP contribution in [-0.2, 0) is 0 Å². The molecule has 1 aromatic carbocycles. The Labute approximate surface area is 164 Å². The van der Waals surface area contributed by atoms with Crippen LogP contribution in [0.3, 0.4) is 0 Å². The summed E-state index contributed by atoms with van der Waals surface area (Å²) in [7, 11) is 0. The number of piperazine rings is 1. The van der Waals surface area contributed by atoms with E-state index >= 15 is 0 Å². The van der Waals surface area contributed by atoms with Gasteiger partial charge in [-0.15, -0.1) is 38.0 Å². The van der Waals surface area contributed by atoms with Gasteiger partial charge in [-0.2, -0.15) is 0 Å². The predicted molar refractivity (Wildman–Crippen MR) is 98.8 cm³/mol. The highest BCUT2D eigenvalue weighted by Gasteiger charge is 2.32. The van der Waals surface area contributed by atoms with Gasteiger partial charge in [0.1, 0.15) is 11.6 Å². The Hall–Kier alpha value is -0.760. The maximum Gasteiger partial charge on any atom is 0.573 e. The minimum absolute atomic E-state index is 0. The maximum absolute atomic E-state index is 14.4. The number of halogens is 6. The van der Waals surface area contributed by atoms with E-state index in [0.29, 0.717) is 12.3 Å².